The number of rotatable bonds is 15. The van der Waals surface area contributed by atoms with E-state index in [4.69, 9.17) is 43.2 Å². The van der Waals surface area contributed by atoms with E-state index in [1.54, 1.807) is 0 Å². The molecule has 702 valence electrons. The van der Waals surface area contributed by atoms with Crippen LogP contribution in [-0.2, 0) is 0 Å². The van der Waals surface area contributed by atoms with Gasteiger partial charge in [0.05, 0.1) is 39.7 Å². The first-order valence-corrected chi connectivity index (χ1v) is 52.2. The van der Waals surface area contributed by atoms with E-state index in [-0.39, 0.29) is 0 Å². The van der Waals surface area contributed by atoms with Crippen molar-refractivity contribution in [1.82, 2.24) is 44.9 Å². The highest BCUT2D eigenvalue weighted by Crippen LogP contribution is 2.51. The van der Waals surface area contributed by atoms with Crippen LogP contribution < -0.4 is 0 Å². The first-order valence-electron chi connectivity index (χ1n) is 49.8. The van der Waals surface area contributed by atoms with Gasteiger partial charge in [-0.15, -0.1) is 34.0 Å². The molecule has 0 fully saturated rings. The Balaban J connectivity index is 0.000000108. The summed E-state index contributed by atoms with van der Waals surface area (Å²) in [5.74, 6) is 1.94. The number of benzene rings is 18. The molecule has 15 heteroatoms. The lowest BCUT2D eigenvalue weighted by molar-refractivity contribution is 0.669. The summed E-state index contributed by atoms with van der Waals surface area (Å²) in [7, 11) is 0. The van der Waals surface area contributed by atoms with Crippen molar-refractivity contribution in [2.75, 3.05) is 0 Å². The summed E-state index contributed by atoms with van der Waals surface area (Å²) in [6, 6.07) is 159. The average molecular weight is 1970 g/mol. The zero-order valence-corrected chi connectivity index (χ0v) is 82.7. The predicted molar refractivity (Wildman–Crippen MR) is 622 cm³/mol. The van der Waals surface area contributed by atoms with Gasteiger partial charge < -0.3 is 13.3 Å². The molecule has 0 unspecified atom stereocenters. The van der Waals surface area contributed by atoms with Crippen molar-refractivity contribution < 1.29 is 13.3 Å². The summed E-state index contributed by atoms with van der Waals surface area (Å²) in [6.45, 7) is 0. The maximum Gasteiger partial charge on any atom is 0.164 e. The zero-order valence-electron chi connectivity index (χ0n) is 80.2. The van der Waals surface area contributed by atoms with Crippen LogP contribution in [0.1, 0.15) is 0 Å². The molecule has 0 aliphatic carbocycles. The van der Waals surface area contributed by atoms with Crippen molar-refractivity contribution in [3.05, 3.63) is 492 Å². The molecule has 30 rings (SSSR count). The number of furan rings is 3. The summed E-state index contributed by atoms with van der Waals surface area (Å²) < 4.78 is 28.0. The van der Waals surface area contributed by atoms with Crippen LogP contribution >= 0.6 is 34.0 Å². The normalized spacial score (nSPS) is 11.6. The Hall–Kier alpha value is -19.3. The van der Waals surface area contributed by atoms with Crippen LogP contribution in [0.15, 0.2) is 505 Å². The Morgan fingerprint density at radius 2 is 0.407 bits per heavy atom. The van der Waals surface area contributed by atoms with Gasteiger partial charge in [0.15, 0.2) is 17.5 Å². The number of fused-ring (bicyclic) bond motifs is 18. The van der Waals surface area contributed by atoms with Crippen LogP contribution in [0.3, 0.4) is 0 Å². The highest BCUT2D eigenvalue weighted by Gasteiger charge is 2.27. The fraction of sp³-hybridized carbons (Fsp3) is 0. The second kappa shape index (κ2) is 37.7. The van der Waals surface area contributed by atoms with E-state index in [0.717, 1.165) is 217 Å². The second-order valence-electron chi connectivity index (χ2n) is 37.2. The molecule has 0 spiro atoms. The van der Waals surface area contributed by atoms with Crippen LogP contribution in [0.4, 0.5) is 0 Å². The second-order valence-corrected chi connectivity index (χ2v) is 40.5. The molecule has 12 aromatic heterocycles. The average Bonchev–Trinajstić information content (AvgIpc) is 1.58. The number of thiophene rings is 3. The topological polar surface area (TPSA) is 155 Å². The van der Waals surface area contributed by atoms with E-state index in [1.165, 1.54) is 60.5 Å². The Labute approximate surface area is 872 Å². The molecular formula is C135H81N9O3S3. The van der Waals surface area contributed by atoms with Gasteiger partial charge in [-0.3, -0.25) is 15.0 Å². The lowest BCUT2D eigenvalue weighted by atomic mass is 9.94. The lowest BCUT2D eigenvalue weighted by Crippen LogP contribution is -1.97. The van der Waals surface area contributed by atoms with E-state index >= 15 is 0 Å². The van der Waals surface area contributed by atoms with E-state index < -0.39 is 0 Å². The largest absolute Gasteiger partial charge is 0.455 e. The van der Waals surface area contributed by atoms with Gasteiger partial charge in [0.2, 0.25) is 0 Å². The quantitative estimate of drug-likeness (QED) is 0.0959. The van der Waals surface area contributed by atoms with Gasteiger partial charge in [0.1, 0.15) is 33.5 Å². The summed E-state index contributed by atoms with van der Waals surface area (Å²) in [4.78, 5) is 43.6. The van der Waals surface area contributed by atoms with E-state index in [2.05, 4.69) is 343 Å². The van der Waals surface area contributed by atoms with Gasteiger partial charge in [0, 0.05) is 175 Å². The third-order valence-electron chi connectivity index (χ3n) is 28.3. The molecule has 18 aromatic carbocycles. The Bertz CT molecular complexity index is 10100. The van der Waals surface area contributed by atoms with E-state index in [1.807, 2.05) is 199 Å². The monoisotopic (exact) mass is 1970 g/mol. The third kappa shape index (κ3) is 16.3. The number of hydrogen-bond donors (Lipinski definition) is 0. The molecule has 150 heavy (non-hydrogen) atoms. The van der Waals surface area contributed by atoms with Gasteiger partial charge in [-0.2, -0.15) is 0 Å². The number of para-hydroxylation sites is 3. The number of pyridine rings is 3. The lowest BCUT2D eigenvalue weighted by Gasteiger charge is -2.12. The molecule has 0 aliphatic rings. The highest BCUT2D eigenvalue weighted by atomic mass is 32.1. The molecule has 0 amide bonds. The van der Waals surface area contributed by atoms with Gasteiger partial charge in [-0.1, -0.05) is 297 Å². The highest BCUT2D eigenvalue weighted by molar-refractivity contribution is 7.26. The smallest absolute Gasteiger partial charge is 0.164 e. The van der Waals surface area contributed by atoms with Crippen LogP contribution in [0.2, 0.25) is 0 Å². The molecular weight excluding hydrogens is 1890 g/mol. The number of aromatic nitrogens is 9. The minimum absolute atomic E-state index is 0.616. The summed E-state index contributed by atoms with van der Waals surface area (Å²) in [5, 5.41) is 14.1. The van der Waals surface area contributed by atoms with Gasteiger partial charge in [-0.25, -0.2) is 29.9 Å². The Morgan fingerprint density at radius 1 is 0.147 bits per heavy atom. The summed E-state index contributed by atoms with van der Waals surface area (Å²) >= 11 is 5.51. The number of hydrogen-bond acceptors (Lipinski definition) is 15. The Kier molecular flexibility index (Phi) is 22.2. The minimum atomic E-state index is 0.616. The maximum atomic E-state index is 6.75. The molecule has 0 bridgehead atoms. The van der Waals surface area contributed by atoms with Crippen LogP contribution in [0, 0.1) is 0 Å². The Morgan fingerprint density at radius 3 is 0.800 bits per heavy atom. The van der Waals surface area contributed by atoms with Gasteiger partial charge in [0.25, 0.3) is 0 Å². The molecule has 12 heterocycles. The fourth-order valence-electron chi connectivity index (χ4n) is 21.0. The third-order valence-corrected chi connectivity index (χ3v) is 31.7. The predicted octanol–water partition coefficient (Wildman–Crippen LogP) is 37.4. The molecule has 12 nitrogen and oxygen atoms in total. The summed E-state index contributed by atoms with van der Waals surface area (Å²) in [6.07, 6.45) is 10.9. The number of nitrogens with zero attached hydrogens (tertiary/aromatic N) is 9. The molecule has 30 aromatic rings. The molecule has 0 atom stereocenters. The van der Waals surface area contributed by atoms with Crippen LogP contribution in [-0.4, -0.2) is 44.9 Å². The zero-order chi connectivity index (χ0) is 99.1. The SMILES string of the molecule is c1ccc(-c2cc(-c3ccc(-c4ccc5sc6ccccc6c5c4)c4c3oc3ccccc34)nc(-c3ccc(-c4ccncc4)cc3)n2)cc1.c1ccc(-c2cc(-c3cccc(-c4ccncc4)c3)nc(-c3ccc(-c4ccc5sc6ccccc6c5c4)c4c3oc3ccccc34)n2)cc1.c1ccc(-c2nc(-c3cccc(-c4ccncc4)c3)cc(-c3ccc(-c4ccc5sc6ccccc6c5c4)c4c3oc3ccccc34)n2)cc1. The van der Waals surface area contributed by atoms with Crippen molar-refractivity contribution in [2.24, 2.45) is 0 Å². The standard InChI is InChI=1S/3C45H27N3OS/c1-2-9-29(10-3-1)45-47-38(32-12-8-11-30(25-32)28-21-23-46-24-22-28)27-39(48-45)35-19-18-33(43-36-14-4-6-15-40(36)49-44(35)43)31-17-20-42-37(26-31)34-13-5-7-16-41(34)50-42;1-2-9-29(10-3-1)38-27-39(32-12-8-11-30(25-32)28-21-23-46-24-22-28)48-45(47-38)36-19-18-33(43-35-14-4-6-15-40(35)49-44(36)43)31-17-20-42-37(26-31)34-13-5-7-16-41(34)50-42;1-2-8-30(9-3-1)38-27-39(48-45(47-38)31-16-14-28(15-17-31)29-22-24-46-25-23-29)35-20-19-33(43-36-11-4-6-12-40(36)49-44(35)43)32-18-21-42-37(26-32)34-10-5-7-13-41(34)50-42/h3*1-27H. The van der Waals surface area contributed by atoms with Gasteiger partial charge in [-0.05, 0) is 224 Å². The van der Waals surface area contributed by atoms with E-state index in [0.29, 0.717) is 17.5 Å². The molecule has 0 radical (unpaired) electrons. The molecule has 0 N–H and O–H groups in total. The van der Waals surface area contributed by atoms with Crippen molar-refractivity contribution in [2.45, 2.75) is 0 Å². The van der Waals surface area contributed by atoms with Gasteiger partial charge >= 0.3 is 0 Å². The molecule has 0 saturated heterocycles. The van der Waals surface area contributed by atoms with Crippen molar-refractivity contribution in [3.8, 4) is 168 Å². The van der Waals surface area contributed by atoms with Crippen LogP contribution in [0.25, 0.3) is 295 Å². The van der Waals surface area contributed by atoms with Crippen LogP contribution in [0.5, 0.6) is 0 Å². The maximum absolute atomic E-state index is 6.75. The molecule has 0 saturated carbocycles. The van der Waals surface area contributed by atoms with Crippen molar-refractivity contribution >= 4 is 160 Å². The first kappa shape index (κ1) is 88.4. The summed E-state index contributed by atoms with van der Waals surface area (Å²) in [5.41, 5.74) is 32.1. The van der Waals surface area contributed by atoms with Crippen molar-refractivity contribution in [1.29, 1.82) is 0 Å². The molecule has 0 aliphatic heterocycles. The van der Waals surface area contributed by atoms with Crippen molar-refractivity contribution in [3.63, 3.8) is 0 Å². The first-order chi connectivity index (χ1) is 74.3. The minimum Gasteiger partial charge on any atom is -0.455 e. The van der Waals surface area contributed by atoms with E-state index in [9.17, 15) is 0 Å². The fourth-order valence-corrected chi connectivity index (χ4v) is 24.3.